The summed E-state index contributed by atoms with van der Waals surface area (Å²) in [5.41, 5.74) is 0. The predicted octanol–water partition coefficient (Wildman–Crippen LogP) is 2.37. The molecule has 1 aliphatic heterocycles. The second-order valence-electron chi connectivity index (χ2n) is 4.57. The van der Waals surface area contributed by atoms with E-state index in [1.54, 1.807) is 0 Å². The van der Waals surface area contributed by atoms with Crippen LogP contribution in [-0.2, 0) is 9.47 Å². The van der Waals surface area contributed by atoms with E-state index in [1.807, 2.05) is 6.92 Å². The number of rotatable bonds is 6. The predicted molar refractivity (Wildman–Crippen MR) is 68.5 cm³/mol. The fraction of sp³-hybridized carbons (Fsp3) is 1.00. The van der Waals surface area contributed by atoms with E-state index in [2.05, 4.69) is 13.6 Å². The second kappa shape index (κ2) is 7.60. The van der Waals surface area contributed by atoms with Crippen molar-refractivity contribution in [3.05, 3.63) is 0 Å². The maximum atomic E-state index is 9.54. The molecule has 0 amide bonds. The van der Waals surface area contributed by atoms with Crippen LogP contribution in [-0.4, -0.2) is 42.5 Å². The van der Waals surface area contributed by atoms with Crippen molar-refractivity contribution >= 4 is 8.58 Å². The van der Waals surface area contributed by atoms with Crippen molar-refractivity contribution in [2.24, 2.45) is 0 Å². The Labute approximate surface area is 101 Å². The third-order valence-electron chi connectivity index (χ3n) is 2.99. The van der Waals surface area contributed by atoms with Gasteiger partial charge < -0.3 is 14.6 Å². The Morgan fingerprint density at radius 3 is 2.81 bits per heavy atom. The van der Waals surface area contributed by atoms with E-state index in [9.17, 15) is 5.11 Å². The van der Waals surface area contributed by atoms with Gasteiger partial charge in [0.05, 0.1) is 18.3 Å². The molecular weight excluding hydrogens is 223 g/mol. The molecule has 1 fully saturated rings. The van der Waals surface area contributed by atoms with Gasteiger partial charge in [-0.2, -0.15) is 0 Å². The average Bonchev–Trinajstić information content (AvgIpc) is 2.25. The van der Waals surface area contributed by atoms with E-state index < -0.39 is 0 Å². The van der Waals surface area contributed by atoms with Gasteiger partial charge in [0.1, 0.15) is 0 Å². The summed E-state index contributed by atoms with van der Waals surface area (Å²) in [6.07, 6.45) is 4.95. The zero-order chi connectivity index (χ0) is 12.0. The summed E-state index contributed by atoms with van der Waals surface area (Å²) in [6.45, 7) is 6.29. The highest BCUT2D eigenvalue weighted by atomic mass is 31.1. The lowest BCUT2D eigenvalue weighted by atomic mass is 10.0. The van der Waals surface area contributed by atoms with Crippen molar-refractivity contribution in [1.82, 2.24) is 0 Å². The van der Waals surface area contributed by atoms with Crippen LogP contribution in [0.5, 0.6) is 0 Å². The zero-order valence-electron chi connectivity index (χ0n) is 10.6. The van der Waals surface area contributed by atoms with Gasteiger partial charge in [-0.25, -0.2) is 0 Å². The van der Waals surface area contributed by atoms with Crippen LogP contribution in [0.15, 0.2) is 0 Å². The average molecular weight is 248 g/mol. The summed E-state index contributed by atoms with van der Waals surface area (Å²) in [5.74, 6) is 0. The van der Waals surface area contributed by atoms with Crippen molar-refractivity contribution in [3.63, 3.8) is 0 Å². The molecule has 0 aliphatic carbocycles. The molecule has 1 N–H and O–H groups in total. The van der Waals surface area contributed by atoms with E-state index in [1.165, 1.54) is 0 Å². The number of hydrogen-bond acceptors (Lipinski definition) is 3. The van der Waals surface area contributed by atoms with Crippen LogP contribution in [0.1, 0.15) is 39.5 Å². The molecule has 1 rings (SSSR count). The van der Waals surface area contributed by atoms with Crippen molar-refractivity contribution in [1.29, 1.82) is 0 Å². The number of hydrogen-bond donors (Lipinski definition) is 1. The van der Waals surface area contributed by atoms with Gasteiger partial charge in [0.15, 0.2) is 6.29 Å². The highest BCUT2D eigenvalue weighted by molar-refractivity contribution is 7.37. The molecule has 5 atom stereocenters. The number of aliphatic hydroxyl groups excluding tert-OH is 1. The van der Waals surface area contributed by atoms with Crippen LogP contribution in [0, 0.1) is 0 Å². The fourth-order valence-electron chi connectivity index (χ4n) is 2.02. The third kappa shape index (κ3) is 5.09. The summed E-state index contributed by atoms with van der Waals surface area (Å²) in [5, 5.41) is 9.54. The molecule has 4 heteroatoms. The Kier molecular flexibility index (Phi) is 6.83. The molecule has 5 unspecified atom stereocenters. The summed E-state index contributed by atoms with van der Waals surface area (Å²) in [4.78, 5) is 0. The molecule has 0 radical (unpaired) electrons. The molecule has 1 heterocycles. The number of ether oxygens (including phenoxy) is 2. The van der Waals surface area contributed by atoms with Crippen LogP contribution in [0.25, 0.3) is 0 Å². The minimum atomic E-state index is -0.173. The fourth-order valence-corrected chi connectivity index (χ4v) is 2.54. The van der Waals surface area contributed by atoms with Gasteiger partial charge in [-0.05, 0) is 39.3 Å². The van der Waals surface area contributed by atoms with Gasteiger partial charge in [-0.3, -0.25) is 0 Å². The quantitative estimate of drug-likeness (QED) is 0.733. The molecular formula is C12H25O3P. The van der Waals surface area contributed by atoms with Gasteiger partial charge in [0, 0.05) is 6.16 Å². The highest BCUT2D eigenvalue weighted by Gasteiger charge is 2.27. The first-order chi connectivity index (χ1) is 7.65. The van der Waals surface area contributed by atoms with Gasteiger partial charge >= 0.3 is 0 Å². The highest BCUT2D eigenvalue weighted by Crippen LogP contribution is 2.25. The first kappa shape index (κ1) is 14.4. The van der Waals surface area contributed by atoms with Crippen LogP contribution < -0.4 is 0 Å². The summed E-state index contributed by atoms with van der Waals surface area (Å²) >= 11 is 0. The Balaban J connectivity index is 2.29. The van der Waals surface area contributed by atoms with Gasteiger partial charge in [0.25, 0.3) is 0 Å². The minimum absolute atomic E-state index is 0.0177. The monoisotopic (exact) mass is 248 g/mol. The Hall–Kier alpha value is 0.310. The largest absolute Gasteiger partial charge is 0.393 e. The van der Waals surface area contributed by atoms with E-state index in [0.29, 0.717) is 6.10 Å². The lowest BCUT2D eigenvalue weighted by molar-refractivity contribution is -0.229. The van der Waals surface area contributed by atoms with Crippen LogP contribution >= 0.6 is 8.58 Å². The smallest absolute Gasteiger partial charge is 0.161 e. The van der Waals surface area contributed by atoms with Crippen molar-refractivity contribution in [2.45, 2.75) is 64.1 Å². The molecule has 0 aromatic carbocycles. The van der Waals surface area contributed by atoms with Crippen LogP contribution in [0.3, 0.4) is 0 Å². The maximum absolute atomic E-state index is 9.54. The van der Waals surface area contributed by atoms with E-state index in [4.69, 9.17) is 9.47 Å². The number of aliphatic hydroxyl groups is 1. The standard InChI is InChI=1S/C12H25O3P/c1-4-10(13)5-6-11-7-9(2)14-12(15-11)8-16-3/h9-13,16H,4-8H2,1-3H3. The van der Waals surface area contributed by atoms with Gasteiger partial charge in [0.2, 0.25) is 0 Å². The molecule has 96 valence electrons. The molecule has 0 bridgehead atoms. The zero-order valence-corrected chi connectivity index (χ0v) is 11.6. The normalized spacial score (nSPS) is 33.4. The molecule has 1 aliphatic rings. The lowest BCUT2D eigenvalue weighted by Crippen LogP contribution is -2.38. The van der Waals surface area contributed by atoms with Crippen LogP contribution in [0.2, 0.25) is 0 Å². The molecule has 0 aromatic rings. The first-order valence-electron chi connectivity index (χ1n) is 6.29. The first-order valence-corrected chi connectivity index (χ1v) is 8.00. The van der Waals surface area contributed by atoms with E-state index >= 15 is 0 Å². The van der Waals surface area contributed by atoms with Crippen molar-refractivity contribution in [3.8, 4) is 0 Å². The van der Waals surface area contributed by atoms with Crippen LogP contribution in [0.4, 0.5) is 0 Å². The maximum Gasteiger partial charge on any atom is 0.161 e. The second-order valence-corrected chi connectivity index (χ2v) is 5.68. The summed E-state index contributed by atoms with van der Waals surface area (Å²) in [7, 11) is 0.866. The molecule has 0 aromatic heterocycles. The third-order valence-corrected chi connectivity index (χ3v) is 3.73. The summed E-state index contributed by atoms with van der Waals surface area (Å²) in [6, 6.07) is 0. The van der Waals surface area contributed by atoms with Gasteiger partial charge in [-0.1, -0.05) is 6.92 Å². The van der Waals surface area contributed by atoms with Gasteiger partial charge in [-0.15, -0.1) is 8.58 Å². The van der Waals surface area contributed by atoms with Crippen molar-refractivity contribution < 1.29 is 14.6 Å². The topological polar surface area (TPSA) is 38.7 Å². The Morgan fingerprint density at radius 1 is 1.44 bits per heavy atom. The molecule has 3 nitrogen and oxygen atoms in total. The summed E-state index contributed by atoms with van der Waals surface area (Å²) < 4.78 is 11.6. The van der Waals surface area contributed by atoms with E-state index in [-0.39, 0.29) is 18.5 Å². The van der Waals surface area contributed by atoms with E-state index in [0.717, 1.165) is 40.4 Å². The Morgan fingerprint density at radius 2 is 2.19 bits per heavy atom. The molecule has 16 heavy (non-hydrogen) atoms. The molecule has 1 saturated heterocycles. The lowest BCUT2D eigenvalue weighted by Gasteiger charge is -2.34. The molecule has 0 spiro atoms. The molecule has 0 saturated carbocycles. The Bertz CT molecular complexity index is 189. The minimum Gasteiger partial charge on any atom is -0.393 e. The SMILES string of the molecule is CCC(O)CCC1CC(C)OC(CPC)O1. The van der Waals surface area contributed by atoms with Crippen molar-refractivity contribution in [2.75, 3.05) is 12.8 Å².